The molecule has 0 spiro atoms. The number of nitrogens with one attached hydrogen (secondary N) is 1. The molecule has 0 radical (unpaired) electrons. The fourth-order valence-corrected chi connectivity index (χ4v) is 5.47. The van der Waals surface area contributed by atoms with E-state index in [0.717, 1.165) is 0 Å². The van der Waals surface area contributed by atoms with Gasteiger partial charge in [-0.25, -0.2) is 17.6 Å². The second-order valence-electron chi connectivity index (χ2n) is 9.31. The quantitative estimate of drug-likeness (QED) is 0.149. The van der Waals surface area contributed by atoms with Gasteiger partial charge in [-0.15, -0.1) is 23.2 Å². The Kier molecular flexibility index (Phi) is 8.91. The number of carbonyl (C=O) groups is 3. The number of Topliss-reactive ketones (excluding diaryl/α,β-unsaturated/α-hetero) is 2. The molecule has 0 unspecified atom stereocenters. The highest BCUT2D eigenvalue weighted by Gasteiger charge is 2.67. The lowest BCUT2D eigenvalue weighted by atomic mass is 9.97. The van der Waals surface area contributed by atoms with Crippen molar-refractivity contribution in [2.24, 2.45) is 5.92 Å². The molecule has 0 aliphatic heterocycles. The molecule has 3 aromatic rings. The van der Waals surface area contributed by atoms with Crippen LogP contribution in [0.25, 0.3) is 0 Å². The maximum Gasteiger partial charge on any atom is 0.450 e. The minimum Gasteiger partial charge on any atom is -0.326 e. The van der Waals surface area contributed by atoms with E-state index in [2.05, 4.69) is 5.32 Å². The average molecular weight is 675 g/mol. The summed E-state index contributed by atoms with van der Waals surface area (Å²) in [5, 5.41) is 2.66. The van der Waals surface area contributed by atoms with E-state index in [1.54, 1.807) is 0 Å². The standard InChI is InChI=1S/C27H14Cl4F7NO3/c28-15-3-1-10(5-16(15)29)21-22(26(21,30)31)25(42)39-12-7-14(24(35)18(33)8-12)19(40)9-13-17(32)4-2-11(23(13)34)6-20(41)27(36,37)38/h1-5,7-8,21-22H,6,9H2,(H,39,42)/t21-,22+/m0/s1. The van der Waals surface area contributed by atoms with Crippen molar-refractivity contribution in [3.63, 3.8) is 0 Å². The van der Waals surface area contributed by atoms with E-state index in [1.165, 1.54) is 18.2 Å². The third-order valence-corrected chi connectivity index (χ3v) is 8.18. The van der Waals surface area contributed by atoms with Crippen molar-refractivity contribution in [3.8, 4) is 0 Å². The maximum atomic E-state index is 14.8. The molecule has 1 N–H and O–H groups in total. The number of benzene rings is 3. The van der Waals surface area contributed by atoms with Gasteiger partial charge in [0.05, 0.1) is 21.5 Å². The van der Waals surface area contributed by atoms with Crippen LogP contribution in [0.15, 0.2) is 42.5 Å². The van der Waals surface area contributed by atoms with Crippen LogP contribution in [0.4, 0.5) is 36.4 Å². The topological polar surface area (TPSA) is 63.2 Å². The smallest absolute Gasteiger partial charge is 0.326 e. The molecule has 0 heterocycles. The first kappa shape index (κ1) is 32.1. The van der Waals surface area contributed by atoms with Gasteiger partial charge in [-0.1, -0.05) is 35.3 Å². The number of anilines is 1. The second kappa shape index (κ2) is 11.7. The first-order valence-corrected chi connectivity index (χ1v) is 13.2. The van der Waals surface area contributed by atoms with Crippen LogP contribution in [0.5, 0.6) is 0 Å². The third kappa shape index (κ3) is 6.39. The second-order valence-corrected chi connectivity index (χ2v) is 11.6. The van der Waals surface area contributed by atoms with E-state index in [9.17, 15) is 45.1 Å². The predicted octanol–water partition coefficient (Wildman–Crippen LogP) is 8.18. The highest BCUT2D eigenvalue weighted by Crippen LogP contribution is 2.65. The number of halogens is 11. The molecule has 1 saturated carbocycles. The molecule has 1 fully saturated rings. The van der Waals surface area contributed by atoms with E-state index < -0.39 is 98.3 Å². The number of hydrogen-bond donors (Lipinski definition) is 1. The number of rotatable bonds is 8. The molecule has 0 bridgehead atoms. The Balaban J connectivity index is 1.56. The molecule has 1 amide bonds. The van der Waals surface area contributed by atoms with Gasteiger partial charge in [0.25, 0.3) is 0 Å². The zero-order valence-electron chi connectivity index (χ0n) is 20.5. The Morgan fingerprint density at radius 2 is 1.50 bits per heavy atom. The molecule has 222 valence electrons. The molecule has 2 atom stereocenters. The van der Waals surface area contributed by atoms with E-state index in [-0.39, 0.29) is 10.0 Å². The van der Waals surface area contributed by atoms with Crippen LogP contribution in [-0.4, -0.2) is 28.0 Å². The molecule has 15 heteroatoms. The Morgan fingerprint density at radius 3 is 2.12 bits per heavy atom. The lowest BCUT2D eigenvalue weighted by molar-refractivity contribution is -0.170. The molecule has 1 aliphatic rings. The van der Waals surface area contributed by atoms with Crippen LogP contribution >= 0.6 is 46.4 Å². The van der Waals surface area contributed by atoms with Crippen LogP contribution in [0.1, 0.15) is 33.0 Å². The van der Waals surface area contributed by atoms with E-state index in [1.807, 2.05) is 0 Å². The Morgan fingerprint density at radius 1 is 0.833 bits per heavy atom. The van der Waals surface area contributed by atoms with Gasteiger partial charge in [-0.2, -0.15) is 13.2 Å². The van der Waals surface area contributed by atoms with Crippen molar-refractivity contribution in [3.05, 3.63) is 98.0 Å². The first-order chi connectivity index (χ1) is 19.4. The summed E-state index contributed by atoms with van der Waals surface area (Å²) in [5.41, 5.74) is -2.93. The molecule has 4 nitrogen and oxygen atoms in total. The molecule has 0 aromatic heterocycles. The molecule has 4 rings (SSSR count). The minimum absolute atomic E-state index is 0.165. The van der Waals surface area contributed by atoms with Gasteiger partial charge >= 0.3 is 6.18 Å². The van der Waals surface area contributed by atoms with Gasteiger partial charge in [0.15, 0.2) is 17.4 Å². The van der Waals surface area contributed by atoms with Gasteiger partial charge in [0.2, 0.25) is 11.7 Å². The third-order valence-electron chi connectivity index (χ3n) is 6.51. The summed E-state index contributed by atoms with van der Waals surface area (Å²) in [5.74, 6) is -12.8. The normalized spacial score (nSPS) is 17.6. The minimum atomic E-state index is -5.29. The van der Waals surface area contributed by atoms with Gasteiger partial charge in [0, 0.05) is 36.1 Å². The Bertz CT molecular complexity index is 1630. The van der Waals surface area contributed by atoms with Crippen LogP contribution < -0.4 is 5.32 Å². The summed E-state index contributed by atoms with van der Waals surface area (Å²) >= 11 is 24.5. The lowest BCUT2D eigenvalue weighted by Crippen LogP contribution is -2.25. The maximum absolute atomic E-state index is 14.8. The number of ketones is 2. The highest BCUT2D eigenvalue weighted by atomic mass is 35.5. The van der Waals surface area contributed by atoms with Gasteiger partial charge in [-0.05, 0) is 35.4 Å². The molecule has 3 aromatic carbocycles. The average Bonchev–Trinajstić information content (AvgIpc) is 3.48. The number of alkyl halides is 5. The van der Waals surface area contributed by atoms with Crippen molar-refractivity contribution >= 4 is 69.6 Å². The van der Waals surface area contributed by atoms with Crippen LogP contribution in [0, 0.1) is 29.2 Å². The summed E-state index contributed by atoms with van der Waals surface area (Å²) in [6, 6.07) is 6.80. The molecule has 42 heavy (non-hydrogen) atoms. The molecular formula is C27H14Cl4F7NO3. The first-order valence-electron chi connectivity index (χ1n) is 11.6. The van der Waals surface area contributed by atoms with Crippen molar-refractivity contribution in [2.45, 2.75) is 29.3 Å². The van der Waals surface area contributed by atoms with Crippen molar-refractivity contribution < 1.29 is 45.1 Å². The zero-order chi connectivity index (χ0) is 31.3. The van der Waals surface area contributed by atoms with Gasteiger partial charge in [0.1, 0.15) is 16.0 Å². The van der Waals surface area contributed by atoms with E-state index in [4.69, 9.17) is 46.4 Å². The Hall–Kier alpha value is -2.86. The Labute approximate surface area is 252 Å². The molecule has 1 aliphatic carbocycles. The van der Waals surface area contributed by atoms with Crippen molar-refractivity contribution in [1.29, 1.82) is 0 Å². The predicted molar refractivity (Wildman–Crippen MR) is 141 cm³/mol. The van der Waals surface area contributed by atoms with Crippen LogP contribution in [0.3, 0.4) is 0 Å². The SMILES string of the molecule is O=C(Cc1c(F)ccc(CC(=O)C(F)(F)F)c1F)c1cc(NC(=O)[C@H]2[C@H](c3ccc(Cl)c(Cl)c3)C2(Cl)Cl)cc(F)c1F. The largest absolute Gasteiger partial charge is 0.450 e. The van der Waals surface area contributed by atoms with Gasteiger partial charge in [-0.3, -0.25) is 14.4 Å². The summed E-state index contributed by atoms with van der Waals surface area (Å²) in [4.78, 5) is 37.0. The fourth-order valence-electron chi connectivity index (χ4n) is 4.33. The summed E-state index contributed by atoms with van der Waals surface area (Å²) in [7, 11) is 0. The number of hydrogen-bond acceptors (Lipinski definition) is 3. The van der Waals surface area contributed by atoms with Crippen molar-refractivity contribution in [1.82, 2.24) is 0 Å². The van der Waals surface area contributed by atoms with Crippen LogP contribution in [-0.2, 0) is 22.4 Å². The highest BCUT2D eigenvalue weighted by molar-refractivity contribution is 6.53. The van der Waals surface area contributed by atoms with Gasteiger partial charge < -0.3 is 5.32 Å². The fraction of sp³-hybridized carbons (Fsp3) is 0.222. The monoisotopic (exact) mass is 673 g/mol. The molecular weight excluding hydrogens is 661 g/mol. The summed E-state index contributed by atoms with van der Waals surface area (Å²) < 4.78 is 94.3. The zero-order valence-corrected chi connectivity index (χ0v) is 23.5. The lowest BCUT2D eigenvalue weighted by Gasteiger charge is -2.12. The van der Waals surface area contributed by atoms with E-state index in [0.29, 0.717) is 29.8 Å². The number of carbonyl (C=O) groups excluding carboxylic acids is 3. The molecule has 0 saturated heterocycles. The van der Waals surface area contributed by atoms with Crippen molar-refractivity contribution in [2.75, 3.05) is 5.32 Å². The summed E-state index contributed by atoms with van der Waals surface area (Å²) in [6.45, 7) is 0. The number of amides is 1. The van der Waals surface area contributed by atoms with E-state index >= 15 is 0 Å². The van der Waals surface area contributed by atoms with Crippen LogP contribution in [0.2, 0.25) is 10.0 Å². The summed E-state index contributed by atoms with van der Waals surface area (Å²) in [6.07, 6.45) is -8.03.